The summed E-state index contributed by atoms with van der Waals surface area (Å²) < 4.78 is 0. The van der Waals surface area contributed by atoms with Crippen LogP contribution >= 0.6 is 36.6 Å². The maximum Gasteiger partial charge on any atom is 0.142 e. The van der Waals surface area contributed by atoms with E-state index in [1.165, 1.54) is 27.3 Å². The molecule has 26 heavy (non-hydrogen) atoms. The molecule has 0 atom stereocenters. The summed E-state index contributed by atoms with van der Waals surface area (Å²) in [6.45, 7) is 6.06. The van der Waals surface area contributed by atoms with Gasteiger partial charge >= 0.3 is 0 Å². The van der Waals surface area contributed by atoms with Gasteiger partial charge in [-0.25, -0.2) is 0 Å². The second-order valence-electron chi connectivity index (χ2n) is 5.93. The van der Waals surface area contributed by atoms with E-state index >= 15 is 0 Å². The summed E-state index contributed by atoms with van der Waals surface area (Å²) in [4.78, 5) is 15.2. The second kappa shape index (κ2) is 10.7. The molecule has 0 unspecified atom stereocenters. The number of carbonyl (C=O) groups is 1. The molecule has 1 aromatic heterocycles. The number of aldehydes is 1. The summed E-state index contributed by atoms with van der Waals surface area (Å²) in [5, 5.41) is 0. The number of nitrogens with zero attached hydrogens (tertiary/aromatic N) is 1. The number of hydrogen-bond acceptors (Lipinski definition) is 5. The van der Waals surface area contributed by atoms with Crippen molar-refractivity contribution in [2.24, 2.45) is 0 Å². The molecule has 0 aliphatic carbocycles. The Morgan fingerprint density at radius 2 is 1.50 bits per heavy atom. The largest absolute Gasteiger partial charge is 0.370 e. The number of thiol groups is 2. The minimum absolute atomic E-state index is 0.816. The zero-order valence-electron chi connectivity index (χ0n) is 15.2. The molecule has 0 saturated heterocycles. The summed E-state index contributed by atoms with van der Waals surface area (Å²) >= 11 is 10.4. The van der Waals surface area contributed by atoms with Gasteiger partial charge in [0.15, 0.2) is 0 Å². The van der Waals surface area contributed by atoms with E-state index in [9.17, 15) is 4.79 Å². The molecule has 2 rings (SSSR count). The molecule has 0 amide bonds. The van der Waals surface area contributed by atoms with E-state index in [4.69, 9.17) is 0 Å². The van der Waals surface area contributed by atoms with Crippen molar-refractivity contribution in [3.63, 3.8) is 0 Å². The van der Waals surface area contributed by atoms with Crippen molar-refractivity contribution in [2.45, 2.75) is 13.8 Å². The molecule has 0 spiro atoms. The van der Waals surface area contributed by atoms with Crippen molar-refractivity contribution in [1.29, 1.82) is 0 Å². The molecule has 2 nitrogen and oxygen atoms in total. The first kappa shape index (κ1) is 20.9. The third kappa shape index (κ3) is 5.53. The molecule has 0 fully saturated rings. The average molecular weight is 404 g/mol. The standard InChI is InChI=1S/C21H25NOS3/c1-16-17(2)21(26-20(16)4-3-13-23)10-7-18-5-8-19(9-6-18)22(11-14-24)12-15-25/h3-10,13,24-25H,11-12,14-15H2,1-2H3/b4-3+,10-7+. The van der Waals surface area contributed by atoms with Crippen molar-refractivity contribution < 1.29 is 4.79 Å². The van der Waals surface area contributed by atoms with Crippen molar-refractivity contribution in [1.82, 2.24) is 0 Å². The van der Waals surface area contributed by atoms with E-state index in [-0.39, 0.29) is 0 Å². The maximum absolute atomic E-state index is 10.5. The highest BCUT2D eigenvalue weighted by molar-refractivity contribution is 7.80. The average Bonchev–Trinajstić information content (AvgIpc) is 2.93. The minimum atomic E-state index is 0.816. The third-order valence-corrected chi connectivity index (χ3v) is 6.00. The van der Waals surface area contributed by atoms with E-state index < -0.39 is 0 Å². The molecule has 0 aliphatic rings. The molecule has 138 valence electrons. The molecule has 0 N–H and O–H groups in total. The first-order valence-corrected chi connectivity index (χ1v) is 10.7. The van der Waals surface area contributed by atoms with Gasteiger partial charge in [0.25, 0.3) is 0 Å². The van der Waals surface area contributed by atoms with Crippen molar-refractivity contribution in [2.75, 3.05) is 29.5 Å². The lowest BCUT2D eigenvalue weighted by atomic mass is 10.1. The summed E-state index contributed by atoms with van der Waals surface area (Å²) in [5.41, 5.74) is 4.87. The smallest absolute Gasteiger partial charge is 0.142 e. The van der Waals surface area contributed by atoms with Crippen LogP contribution in [0.2, 0.25) is 0 Å². The van der Waals surface area contributed by atoms with Crippen LogP contribution in [0, 0.1) is 13.8 Å². The van der Waals surface area contributed by atoms with Gasteiger partial charge in [0.1, 0.15) is 6.29 Å². The Bertz CT molecular complexity index is 769. The zero-order chi connectivity index (χ0) is 18.9. The number of anilines is 1. The lowest BCUT2D eigenvalue weighted by Gasteiger charge is -2.23. The van der Waals surface area contributed by atoms with E-state index in [1.54, 1.807) is 17.4 Å². The molecule has 0 saturated carbocycles. The van der Waals surface area contributed by atoms with Crippen LogP contribution in [-0.2, 0) is 4.79 Å². The Morgan fingerprint density at radius 1 is 0.923 bits per heavy atom. The van der Waals surface area contributed by atoms with Gasteiger partial charge in [0.05, 0.1) is 0 Å². The van der Waals surface area contributed by atoms with Gasteiger partial charge in [0.2, 0.25) is 0 Å². The zero-order valence-corrected chi connectivity index (χ0v) is 17.8. The van der Waals surface area contributed by atoms with Crippen molar-refractivity contribution in [3.05, 3.63) is 56.8 Å². The summed E-state index contributed by atoms with van der Waals surface area (Å²) in [7, 11) is 0. The molecule has 1 aromatic carbocycles. The van der Waals surface area contributed by atoms with Gasteiger partial charge in [-0.05, 0) is 60.9 Å². The van der Waals surface area contributed by atoms with E-state index in [1.807, 2.05) is 6.08 Å². The fourth-order valence-electron chi connectivity index (χ4n) is 2.67. The van der Waals surface area contributed by atoms with Gasteiger partial charge in [0, 0.05) is 40.0 Å². The summed E-state index contributed by atoms with van der Waals surface area (Å²) in [5.74, 6) is 1.65. The Hall–Kier alpha value is -1.43. The number of rotatable bonds is 9. The summed E-state index contributed by atoms with van der Waals surface area (Å²) in [6, 6.07) is 8.58. The van der Waals surface area contributed by atoms with Crippen LogP contribution in [0.1, 0.15) is 26.4 Å². The molecule has 0 radical (unpaired) electrons. The SMILES string of the molecule is Cc1c(/C=C/C=O)sc(/C=C/c2ccc(N(CCS)CCS)cc2)c1C. The van der Waals surface area contributed by atoms with E-state index in [2.05, 4.69) is 80.4 Å². The van der Waals surface area contributed by atoms with E-state index in [0.717, 1.165) is 35.8 Å². The monoisotopic (exact) mass is 403 g/mol. The third-order valence-electron chi connectivity index (χ3n) is 4.27. The van der Waals surface area contributed by atoms with Crippen molar-refractivity contribution in [3.8, 4) is 0 Å². The minimum Gasteiger partial charge on any atom is -0.370 e. The first-order chi connectivity index (χ1) is 12.6. The maximum atomic E-state index is 10.5. The second-order valence-corrected chi connectivity index (χ2v) is 7.91. The highest BCUT2D eigenvalue weighted by atomic mass is 32.1. The molecular weight excluding hydrogens is 378 g/mol. The topological polar surface area (TPSA) is 20.3 Å². The van der Waals surface area contributed by atoms with Crippen molar-refractivity contribution >= 4 is 66.8 Å². The number of carbonyl (C=O) groups excluding carboxylic acids is 1. The molecular formula is C21H25NOS3. The van der Waals surface area contributed by atoms with Crippen LogP contribution in [0.3, 0.4) is 0 Å². The fourth-order valence-corrected chi connectivity index (χ4v) is 4.28. The predicted molar refractivity (Wildman–Crippen MR) is 124 cm³/mol. The lowest BCUT2D eigenvalue weighted by molar-refractivity contribution is -0.104. The Morgan fingerprint density at radius 3 is 2.04 bits per heavy atom. The van der Waals surface area contributed by atoms with Crippen LogP contribution in [0.5, 0.6) is 0 Å². The Balaban J connectivity index is 2.16. The number of hydrogen-bond donors (Lipinski definition) is 2. The van der Waals surface area contributed by atoms with Gasteiger partial charge in [-0.2, -0.15) is 25.3 Å². The summed E-state index contributed by atoms with van der Waals surface area (Å²) in [6.07, 6.45) is 8.53. The Labute approximate surface area is 171 Å². The quantitative estimate of drug-likeness (QED) is 0.331. The van der Waals surface area contributed by atoms with Crippen LogP contribution in [0.4, 0.5) is 5.69 Å². The normalized spacial score (nSPS) is 11.5. The molecule has 0 bridgehead atoms. The number of benzene rings is 1. The fraction of sp³-hybridized carbons (Fsp3) is 0.286. The van der Waals surface area contributed by atoms with Gasteiger partial charge in [-0.1, -0.05) is 18.2 Å². The van der Waals surface area contributed by atoms with Crippen LogP contribution in [0.15, 0.2) is 30.3 Å². The van der Waals surface area contributed by atoms with Gasteiger partial charge in [-0.15, -0.1) is 11.3 Å². The number of allylic oxidation sites excluding steroid dienone is 1. The molecule has 0 aliphatic heterocycles. The highest BCUT2D eigenvalue weighted by Gasteiger charge is 2.07. The lowest BCUT2D eigenvalue weighted by Crippen LogP contribution is -2.27. The highest BCUT2D eigenvalue weighted by Crippen LogP contribution is 2.30. The van der Waals surface area contributed by atoms with Gasteiger partial charge in [-0.3, -0.25) is 4.79 Å². The molecule has 2 aromatic rings. The Kier molecular flexibility index (Phi) is 8.55. The van der Waals surface area contributed by atoms with Crippen LogP contribution in [-0.4, -0.2) is 30.9 Å². The molecule has 5 heteroatoms. The predicted octanol–water partition coefficient (Wildman–Crippen LogP) is 5.41. The van der Waals surface area contributed by atoms with E-state index in [0.29, 0.717) is 0 Å². The molecule has 1 heterocycles. The first-order valence-electron chi connectivity index (χ1n) is 8.57. The van der Waals surface area contributed by atoms with Crippen LogP contribution in [0.25, 0.3) is 18.2 Å². The van der Waals surface area contributed by atoms with Crippen LogP contribution < -0.4 is 4.90 Å². The van der Waals surface area contributed by atoms with Gasteiger partial charge < -0.3 is 4.90 Å². The number of thiophene rings is 1.